The summed E-state index contributed by atoms with van der Waals surface area (Å²) >= 11 is 0. The number of unbranched alkanes of at least 4 members (excludes halogenated alkanes) is 5. The van der Waals surface area contributed by atoms with Gasteiger partial charge in [-0.15, -0.1) is 0 Å². The first-order valence-corrected chi connectivity index (χ1v) is 6.82. The molecule has 0 aromatic carbocycles. The van der Waals surface area contributed by atoms with Crippen LogP contribution in [0.25, 0.3) is 0 Å². The smallest absolute Gasteiger partial charge is 0.0691 e. The van der Waals surface area contributed by atoms with Crippen LogP contribution in [0.2, 0.25) is 0 Å². The third kappa shape index (κ3) is 4.53. The standard InChI is InChI=1S/C14H25NO/c1-2-3-4-5-6-7-8-14(13-15)9-11-16-12-10-14/h2-12H2,1H3. The highest BCUT2D eigenvalue weighted by Gasteiger charge is 2.31. The Morgan fingerprint density at radius 3 is 2.31 bits per heavy atom. The van der Waals surface area contributed by atoms with Crippen LogP contribution in [0, 0.1) is 16.7 Å². The van der Waals surface area contributed by atoms with Crippen LogP contribution in [0.1, 0.15) is 64.7 Å². The van der Waals surface area contributed by atoms with E-state index in [2.05, 4.69) is 13.0 Å². The zero-order valence-corrected chi connectivity index (χ0v) is 10.6. The van der Waals surface area contributed by atoms with Crippen molar-refractivity contribution in [1.82, 2.24) is 0 Å². The summed E-state index contributed by atoms with van der Waals surface area (Å²) in [4.78, 5) is 0. The molecule has 0 unspecified atom stereocenters. The van der Waals surface area contributed by atoms with E-state index in [4.69, 9.17) is 4.74 Å². The van der Waals surface area contributed by atoms with Gasteiger partial charge in [0.05, 0.1) is 11.5 Å². The lowest BCUT2D eigenvalue weighted by atomic mass is 9.77. The van der Waals surface area contributed by atoms with Crippen molar-refractivity contribution in [3.8, 4) is 6.07 Å². The number of hydrogen-bond acceptors (Lipinski definition) is 2. The summed E-state index contributed by atoms with van der Waals surface area (Å²) in [5.41, 5.74) is -0.0526. The summed E-state index contributed by atoms with van der Waals surface area (Å²) in [6.45, 7) is 3.81. The SMILES string of the molecule is CCCCCCCCC1(C#N)CCOCC1. The fourth-order valence-corrected chi connectivity index (χ4v) is 2.42. The fraction of sp³-hybridized carbons (Fsp3) is 0.929. The summed E-state index contributed by atoms with van der Waals surface area (Å²) < 4.78 is 5.33. The van der Waals surface area contributed by atoms with Gasteiger partial charge in [-0.2, -0.15) is 5.26 Å². The van der Waals surface area contributed by atoms with Gasteiger partial charge in [-0.05, 0) is 19.3 Å². The Morgan fingerprint density at radius 1 is 1.06 bits per heavy atom. The molecule has 1 fully saturated rings. The molecular weight excluding hydrogens is 198 g/mol. The minimum atomic E-state index is -0.0526. The molecule has 0 aliphatic carbocycles. The van der Waals surface area contributed by atoms with Crippen LogP contribution in [0.3, 0.4) is 0 Å². The predicted molar refractivity (Wildman–Crippen MR) is 66.1 cm³/mol. The molecule has 2 nitrogen and oxygen atoms in total. The normalized spacial score (nSPS) is 19.2. The van der Waals surface area contributed by atoms with Crippen molar-refractivity contribution in [2.45, 2.75) is 64.7 Å². The quantitative estimate of drug-likeness (QED) is 0.610. The molecule has 1 aliphatic heterocycles. The zero-order valence-electron chi connectivity index (χ0n) is 10.6. The molecule has 2 heteroatoms. The molecule has 1 rings (SSSR count). The van der Waals surface area contributed by atoms with Gasteiger partial charge in [0.1, 0.15) is 0 Å². The van der Waals surface area contributed by atoms with Crippen molar-refractivity contribution in [3.63, 3.8) is 0 Å². The molecule has 0 saturated carbocycles. The highest BCUT2D eigenvalue weighted by atomic mass is 16.5. The van der Waals surface area contributed by atoms with E-state index in [0.717, 1.165) is 32.5 Å². The van der Waals surface area contributed by atoms with Crippen LogP contribution in [0.4, 0.5) is 0 Å². The molecule has 0 aromatic rings. The molecule has 0 spiro atoms. The Balaban J connectivity index is 2.12. The number of rotatable bonds is 7. The number of nitriles is 1. The van der Waals surface area contributed by atoms with E-state index in [9.17, 15) is 5.26 Å². The van der Waals surface area contributed by atoms with Gasteiger partial charge >= 0.3 is 0 Å². The molecule has 0 amide bonds. The number of ether oxygens (including phenoxy) is 1. The van der Waals surface area contributed by atoms with E-state index in [-0.39, 0.29) is 5.41 Å². The average molecular weight is 223 g/mol. The largest absolute Gasteiger partial charge is 0.381 e. The van der Waals surface area contributed by atoms with Gasteiger partial charge < -0.3 is 4.74 Å². The van der Waals surface area contributed by atoms with E-state index in [1.807, 2.05) is 0 Å². The molecule has 1 heterocycles. The minimum Gasteiger partial charge on any atom is -0.381 e. The molecule has 1 aliphatic rings. The van der Waals surface area contributed by atoms with Gasteiger partial charge in [-0.1, -0.05) is 45.4 Å². The van der Waals surface area contributed by atoms with E-state index >= 15 is 0 Å². The molecule has 0 radical (unpaired) electrons. The maximum Gasteiger partial charge on any atom is 0.0691 e. The van der Waals surface area contributed by atoms with Crippen LogP contribution in [-0.2, 0) is 4.74 Å². The molecule has 0 N–H and O–H groups in total. The maximum atomic E-state index is 9.28. The van der Waals surface area contributed by atoms with Crippen molar-refractivity contribution in [2.24, 2.45) is 5.41 Å². The molecular formula is C14H25NO. The molecule has 16 heavy (non-hydrogen) atoms. The Bertz CT molecular complexity index is 213. The molecule has 92 valence electrons. The van der Waals surface area contributed by atoms with Crippen molar-refractivity contribution >= 4 is 0 Å². The van der Waals surface area contributed by atoms with Crippen molar-refractivity contribution in [2.75, 3.05) is 13.2 Å². The zero-order chi connectivity index (χ0) is 11.7. The lowest BCUT2D eigenvalue weighted by molar-refractivity contribution is 0.0359. The average Bonchev–Trinajstić information content (AvgIpc) is 2.35. The van der Waals surface area contributed by atoms with E-state index in [1.54, 1.807) is 0 Å². The predicted octanol–water partition coefficient (Wildman–Crippen LogP) is 4.06. The van der Waals surface area contributed by atoms with Gasteiger partial charge in [-0.3, -0.25) is 0 Å². The third-order valence-corrected chi connectivity index (χ3v) is 3.70. The fourth-order valence-electron chi connectivity index (χ4n) is 2.42. The lowest BCUT2D eigenvalue weighted by Gasteiger charge is -2.30. The van der Waals surface area contributed by atoms with Gasteiger partial charge in [0, 0.05) is 13.2 Å². The summed E-state index contributed by atoms with van der Waals surface area (Å²) in [6.07, 6.45) is 10.8. The van der Waals surface area contributed by atoms with Crippen molar-refractivity contribution in [3.05, 3.63) is 0 Å². The van der Waals surface area contributed by atoms with Gasteiger partial charge in [0.15, 0.2) is 0 Å². The summed E-state index contributed by atoms with van der Waals surface area (Å²) in [5.74, 6) is 0. The highest BCUT2D eigenvalue weighted by Crippen LogP contribution is 2.35. The Labute approximate surface area is 100.0 Å². The maximum absolute atomic E-state index is 9.28. The van der Waals surface area contributed by atoms with Gasteiger partial charge in [0.2, 0.25) is 0 Å². The Morgan fingerprint density at radius 2 is 1.69 bits per heavy atom. The molecule has 0 aromatic heterocycles. The van der Waals surface area contributed by atoms with Gasteiger partial charge in [0.25, 0.3) is 0 Å². The van der Waals surface area contributed by atoms with E-state index in [1.165, 1.54) is 38.5 Å². The Hall–Kier alpha value is -0.550. The minimum absolute atomic E-state index is 0.0526. The monoisotopic (exact) mass is 223 g/mol. The molecule has 1 saturated heterocycles. The van der Waals surface area contributed by atoms with Crippen LogP contribution in [0.5, 0.6) is 0 Å². The second kappa shape index (κ2) is 7.68. The second-order valence-electron chi connectivity index (χ2n) is 5.02. The highest BCUT2D eigenvalue weighted by molar-refractivity contribution is 4.99. The molecule has 0 bridgehead atoms. The summed E-state index contributed by atoms with van der Waals surface area (Å²) in [5, 5.41) is 9.28. The summed E-state index contributed by atoms with van der Waals surface area (Å²) in [7, 11) is 0. The van der Waals surface area contributed by atoms with E-state index < -0.39 is 0 Å². The first-order valence-electron chi connectivity index (χ1n) is 6.82. The third-order valence-electron chi connectivity index (χ3n) is 3.70. The van der Waals surface area contributed by atoms with Crippen LogP contribution >= 0.6 is 0 Å². The topological polar surface area (TPSA) is 33.0 Å². The van der Waals surface area contributed by atoms with Crippen LogP contribution < -0.4 is 0 Å². The second-order valence-corrected chi connectivity index (χ2v) is 5.02. The van der Waals surface area contributed by atoms with Crippen molar-refractivity contribution in [1.29, 1.82) is 5.26 Å². The Kier molecular flexibility index (Phi) is 6.49. The van der Waals surface area contributed by atoms with Crippen molar-refractivity contribution < 1.29 is 4.74 Å². The number of hydrogen-bond donors (Lipinski definition) is 0. The first kappa shape index (κ1) is 13.5. The van der Waals surface area contributed by atoms with Gasteiger partial charge in [-0.25, -0.2) is 0 Å². The number of nitrogens with zero attached hydrogens (tertiary/aromatic N) is 1. The molecule has 0 atom stereocenters. The van der Waals surface area contributed by atoms with E-state index in [0.29, 0.717) is 0 Å². The van der Waals surface area contributed by atoms with Crippen LogP contribution in [0.15, 0.2) is 0 Å². The van der Waals surface area contributed by atoms with Crippen LogP contribution in [-0.4, -0.2) is 13.2 Å². The first-order chi connectivity index (χ1) is 7.83. The lowest BCUT2D eigenvalue weighted by Crippen LogP contribution is -2.28. The summed E-state index contributed by atoms with van der Waals surface area (Å²) in [6, 6.07) is 2.54.